The summed E-state index contributed by atoms with van der Waals surface area (Å²) in [5.74, 6) is 0.107. The van der Waals surface area contributed by atoms with E-state index in [1.165, 1.54) is 38.5 Å². The highest BCUT2D eigenvalue weighted by molar-refractivity contribution is 5.81. The topological polar surface area (TPSA) is 38.3 Å². The van der Waals surface area contributed by atoms with Crippen LogP contribution in [0.2, 0.25) is 0 Å². The minimum absolute atomic E-state index is 0.107. The molecule has 0 saturated carbocycles. The lowest BCUT2D eigenvalue weighted by atomic mass is 9.92. The minimum atomic E-state index is -0.466. The summed E-state index contributed by atoms with van der Waals surface area (Å²) >= 11 is 0. The van der Waals surface area contributed by atoms with Gasteiger partial charge in [0.15, 0.2) is 0 Å². The van der Waals surface area contributed by atoms with Gasteiger partial charge in [-0.15, -0.1) is 0 Å². The summed E-state index contributed by atoms with van der Waals surface area (Å²) in [7, 11) is 0. The Morgan fingerprint density at radius 3 is 2.00 bits per heavy atom. The van der Waals surface area contributed by atoms with Crippen molar-refractivity contribution in [2.75, 3.05) is 13.2 Å². The molecule has 0 saturated heterocycles. The molecule has 0 atom stereocenters. The van der Waals surface area contributed by atoms with Gasteiger partial charge in [-0.1, -0.05) is 58.8 Å². The number of hydrogen-bond acceptors (Lipinski definition) is 2. The van der Waals surface area contributed by atoms with E-state index in [-0.39, 0.29) is 11.5 Å². The van der Waals surface area contributed by atoms with Gasteiger partial charge in [-0.05, 0) is 40.5 Å². The third kappa shape index (κ3) is 11.6. The Labute approximate surface area is 144 Å². The molecule has 0 aliphatic heterocycles. The molecule has 138 valence electrons. The standard InChI is InChI=1S/C20H41NO2/c1-7-9-10-11-12-13-14-16-21-18(22)19(3,4)17-23-20(5,6)15-8-2/h7-17H2,1-6H3,(H,21,22). The summed E-state index contributed by atoms with van der Waals surface area (Å²) in [5.41, 5.74) is -0.614. The third-order valence-corrected chi connectivity index (χ3v) is 4.36. The average molecular weight is 328 g/mol. The van der Waals surface area contributed by atoms with Crippen LogP contribution in [0.25, 0.3) is 0 Å². The van der Waals surface area contributed by atoms with Crippen LogP contribution >= 0.6 is 0 Å². The Morgan fingerprint density at radius 2 is 1.43 bits per heavy atom. The predicted octanol–water partition coefficient (Wildman–Crippen LogP) is 5.47. The molecular formula is C20H41NO2. The molecule has 0 rings (SSSR count). The normalized spacial score (nSPS) is 12.4. The van der Waals surface area contributed by atoms with Gasteiger partial charge in [0.25, 0.3) is 0 Å². The molecule has 0 unspecified atom stereocenters. The van der Waals surface area contributed by atoms with Crippen LogP contribution in [0.4, 0.5) is 0 Å². The second-order valence-electron chi connectivity index (χ2n) is 8.06. The largest absolute Gasteiger partial charge is 0.374 e. The van der Waals surface area contributed by atoms with E-state index in [0.717, 1.165) is 25.8 Å². The lowest BCUT2D eigenvalue weighted by Crippen LogP contribution is -2.42. The summed E-state index contributed by atoms with van der Waals surface area (Å²) in [6.45, 7) is 13.8. The van der Waals surface area contributed by atoms with Crippen molar-refractivity contribution in [2.45, 2.75) is 105 Å². The molecule has 23 heavy (non-hydrogen) atoms. The van der Waals surface area contributed by atoms with E-state index in [0.29, 0.717) is 6.61 Å². The van der Waals surface area contributed by atoms with Crippen LogP contribution in [0.3, 0.4) is 0 Å². The van der Waals surface area contributed by atoms with Crippen LogP contribution in [0.1, 0.15) is 99.3 Å². The fourth-order valence-corrected chi connectivity index (χ4v) is 2.64. The molecule has 3 nitrogen and oxygen atoms in total. The molecule has 3 heteroatoms. The van der Waals surface area contributed by atoms with Gasteiger partial charge in [0.1, 0.15) is 0 Å². The van der Waals surface area contributed by atoms with Gasteiger partial charge < -0.3 is 10.1 Å². The fourth-order valence-electron chi connectivity index (χ4n) is 2.64. The molecule has 0 fully saturated rings. The highest BCUT2D eigenvalue weighted by atomic mass is 16.5. The van der Waals surface area contributed by atoms with E-state index in [1.807, 2.05) is 13.8 Å². The van der Waals surface area contributed by atoms with E-state index in [4.69, 9.17) is 4.74 Å². The van der Waals surface area contributed by atoms with E-state index in [2.05, 4.69) is 33.0 Å². The minimum Gasteiger partial charge on any atom is -0.374 e. The summed E-state index contributed by atoms with van der Waals surface area (Å²) in [5, 5.41) is 3.07. The van der Waals surface area contributed by atoms with Crippen molar-refractivity contribution in [1.82, 2.24) is 5.32 Å². The van der Waals surface area contributed by atoms with Crippen LogP contribution in [-0.4, -0.2) is 24.7 Å². The first-order valence-corrected chi connectivity index (χ1v) is 9.67. The van der Waals surface area contributed by atoms with E-state index in [1.54, 1.807) is 0 Å². The third-order valence-electron chi connectivity index (χ3n) is 4.36. The predicted molar refractivity (Wildman–Crippen MR) is 99.7 cm³/mol. The molecule has 0 aliphatic rings. The van der Waals surface area contributed by atoms with E-state index >= 15 is 0 Å². The van der Waals surface area contributed by atoms with Crippen LogP contribution in [0.15, 0.2) is 0 Å². The van der Waals surface area contributed by atoms with Gasteiger partial charge in [0.05, 0.1) is 17.6 Å². The molecular weight excluding hydrogens is 286 g/mol. The maximum Gasteiger partial charge on any atom is 0.227 e. The number of ether oxygens (including phenoxy) is 1. The zero-order chi connectivity index (χ0) is 17.8. The molecule has 0 aliphatic carbocycles. The molecule has 0 aromatic rings. The number of carbonyl (C=O) groups excluding carboxylic acids is 1. The van der Waals surface area contributed by atoms with Gasteiger partial charge in [-0.25, -0.2) is 0 Å². The molecule has 0 heterocycles. The first-order valence-electron chi connectivity index (χ1n) is 9.67. The summed E-state index contributed by atoms with van der Waals surface area (Å²) in [4.78, 5) is 12.3. The van der Waals surface area contributed by atoms with Crippen molar-refractivity contribution in [3.05, 3.63) is 0 Å². The van der Waals surface area contributed by atoms with Gasteiger partial charge in [-0.2, -0.15) is 0 Å². The van der Waals surface area contributed by atoms with E-state index in [9.17, 15) is 4.79 Å². The second kappa shape index (κ2) is 11.9. The Kier molecular flexibility index (Phi) is 11.6. The van der Waals surface area contributed by atoms with Crippen molar-refractivity contribution in [1.29, 1.82) is 0 Å². The first-order chi connectivity index (χ1) is 10.7. The number of unbranched alkanes of at least 4 members (excludes halogenated alkanes) is 6. The van der Waals surface area contributed by atoms with E-state index < -0.39 is 5.41 Å². The number of hydrogen-bond donors (Lipinski definition) is 1. The lowest BCUT2D eigenvalue weighted by Gasteiger charge is -2.31. The molecule has 0 radical (unpaired) electrons. The van der Waals surface area contributed by atoms with Crippen LogP contribution < -0.4 is 5.32 Å². The first kappa shape index (κ1) is 22.4. The Morgan fingerprint density at radius 1 is 0.870 bits per heavy atom. The quantitative estimate of drug-likeness (QED) is 0.429. The van der Waals surface area contributed by atoms with Gasteiger partial charge in [-0.3, -0.25) is 4.79 Å². The zero-order valence-corrected chi connectivity index (χ0v) is 16.6. The second-order valence-corrected chi connectivity index (χ2v) is 8.06. The van der Waals surface area contributed by atoms with Gasteiger partial charge in [0.2, 0.25) is 5.91 Å². The number of nitrogens with one attached hydrogen (secondary N) is 1. The number of carbonyl (C=O) groups is 1. The Balaban J connectivity index is 3.86. The van der Waals surface area contributed by atoms with Crippen LogP contribution in [0, 0.1) is 5.41 Å². The zero-order valence-electron chi connectivity index (χ0n) is 16.6. The van der Waals surface area contributed by atoms with Gasteiger partial charge in [0, 0.05) is 6.54 Å². The monoisotopic (exact) mass is 327 g/mol. The summed E-state index contributed by atoms with van der Waals surface area (Å²) < 4.78 is 5.98. The summed E-state index contributed by atoms with van der Waals surface area (Å²) in [6.07, 6.45) is 11.0. The Bertz CT molecular complexity index is 311. The molecule has 0 spiro atoms. The van der Waals surface area contributed by atoms with Crippen molar-refractivity contribution in [3.8, 4) is 0 Å². The highest BCUT2D eigenvalue weighted by Gasteiger charge is 2.30. The molecule has 0 bridgehead atoms. The SMILES string of the molecule is CCCCCCCCCNC(=O)C(C)(C)COC(C)(C)CCC. The number of amides is 1. The molecule has 0 aromatic carbocycles. The van der Waals surface area contributed by atoms with Gasteiger partial charge >= 0.3 is 0 Å². The molecule has 1 N–H and O–H groups in total. The lowest BCUT2D eigenvalue weighted by molar-refractivity contribution is -0.137. The maximum absolute atomic E-state index is 12.3. The Hall–Kier alpha value is -0.570. The summed E-state index contributed by atoms with van der Waals surface area (Å²) in [6, 6.07) is 0. The fraction of sp³-hybridized carbons (Fsp3) is 0.950. The highest BCUT2D eigenvalue weighted by Crippen LogP contribution is 2.23. The smallest absolute Gasteiger partial charge is 0.227 e. The van der Waals surface area contributed by atoms with Crippen molar-refractivity contribution in [2.24, 2.45) is 5.41 Å². The number of rotatable bonds is 14. The van der Waals surface area contributed by atoms with Crippen molar-refractivity contribution >= 4 is 5.91 Å². The van der Waals surface area contributed by atoms with Crippen LogP contribution in [0.5, 0.6) is 0 Å². The molecule has 0 aromatic heterocycles. The maximum atomic E-state index is 12.3. The van der Waals surface area contributed by atoms with Crippen molar-refractivity contribution < 1.29 is 9.53 Å². The average Bonchev–Trinajstić information content (AvgIpc) is 2.48. The molecule has 1 amide bonds. The van der Waals surface area contributed by atoms with Crippen molar-refractivity contribution in [3.63, 3.8) is 0 Å². The van der Waals surface area contributed by atoms with Crippen LogP contribution in [-0.2, 0) is 9.53 Å².